The van der Waals surface area contributed by atoms with E-state index in [1.807, 2.05) is 0 Å². The first kappa shape index (κ1) is 56.6. The molecule has 6 heteroatoms. The van der Waals surface area contributed by atoms with Crippen molar-refractivity contribution < 1.29 is 4.90 Å². The number of hydrogen-bond acceptors (Lipinski definition) is 5. The molecule has 0 unspecified atom stereocenters. The van der Waals surface area contributed by atoms with Gasteiger partial charge in [0.05, 0.1) is 0 Å². The third-order valence-corrected chi connectivity index (χ3v) is 13.7. The highest BCUT2D eigenvalue weighted by atomic mass is 15.2. The Morgan fingerprint density at radius 1 is 0.246 bits per heavy atom. The van der Waals surface area contributed by atoms with Gasteiger partial charge in [-0.3, -0.25) is 0 Å². The maximum absolute atomic E-state index is 2.59. The molecule has 1 N–H and O–H groups in total. The summed E-state index contributed by atoms with van der Waals surface area (Å²) in [5, 5.41) is 0. The van der Waals surface area contributed by atoms with Crippen LogP contribution in [0.4, 0.5) is 56.9 Å². The van der Waals surface area contributed by atoms with Gasteiger partial charge in [-0.15, -0.1) is 0 Å². The number of unbranched alkanes of at least 4 members (excludes halogenated alkanes) is 8. The highest BCUT2D eigenvalue weighted by molar-refractivity contribution is 5.79. The third-order valence-electron chi connectivity index (χ3n) is 13.7. The molecule has 5 aromatic rings. The Bertz CT molecular complexity index is 1740. The minimum atomic E-state index is 0. The summed E-state index contributed by atoms with van der Waals surface area (Å²) in [7, 11) is 0. The van der Waals surface area contributed by atoms with Crippen LogP contribution in [0.5, 0.6) is 0 Å². The monoisotopic (exact) mass is 937 g/mol. The molecular weight excluding hydrogens is 841 g/mol. The molecule has 5 aromatic carbocycles. The van der Waals surface area contributed by atoms with Crippen molar-refractivity contribution in [1.29, 1.82) is 0 Å². The molecule has 0 fully saturated rings. The second-order valence-electron chi connectivity index (χ2n) is 19.2. The van der Waals surface area contributed by atoms with E-state index in [4.69, 9.17) is 0 Å². The molecule has 0 aliphatic carbocycles. The standard InChI is InChI=1S/C62H92N6.CH3/c1-9-17-45-63(46-18-10-2)53-25-33-57(34-26-53)67(58-35-27-54(28-36-58)64(47-19-11-3)48-20-12-4)61-41-43-62(44-42-61)68(59-37-29-55(30-38-59)65(49-21-13-5)50-22-14-6)60-39-31-56(32-40-60)66(51-23-15-7)52-24-16-8;/h25-44H,9-24,45-52H2,1-8H3;1H3/q;-1/p+1. The molecule has 5 rings (SSSR count). The van der Waals surface area contributed by atoms with Gasteiger partial charge in [0.15, 0.2) is 0 Å². The van der Waals surface area contributed by atoms with E-state index in [0.29, 0.717) is 0 Å². The van der Waals surface area contributed by atoms with Crippen LogP contribution in [0.15, 0.2) is 121 Å². The van der Waals surface area contributed by atoms with Crippen molar-refractivity contribution in [2.45, 2.75) is 158 Å². The number of hydrogen-bond donors (Lipinski definition) is 1. The minimum absolute atomic E-state index is 0. The Hall–Kier alpha value is -4.94. The predicted molar refractivity (Wildman–Crippen MR) is 308 cm³/mol. The van der Waals surface area contributed by atoms with Crippen LogP contribution in [0.3, 0.4) is 0 Å². The molecule has 69 heavy (non-hydrogen) atoms. The number of rotatable bonds is 34. The van der Waals surface area contributed by atoms with E-state index >= 15 is 0 Å². The molecule has 378 valence electrons. The van der Waals surface area contributed by atoms with Gasteiger partial charge in [-0.1, -0.05) is 107 Å². The first-order valence-corrected chi connectivity index (χ1v) is 27.6. The fourth-order valence-electron chi connectivity index (χ4n) is 9.30. The Balaban J connectivity index is 0.0000104. The molecule has 0 heterocycles. The largest absolute Gasteiger partial charge is 0.372 e. The van der Waals surface area contributed by atoms with E-state index in [9.17, 15) is 0 Å². The van der Waals surface area contributed by atoms with E-state index in [2.05, 4.69) is 201 Å². The lowest BCUT2D eigenvalue weighted by atomic mass is 10.1. The van der Waals surface area contributed by atoms with E-state index in [-0.39, 0.29) is 7.43 Å². The lowest BCUT2D eigenvalue weighted by Crippen LogP contribution is -2.96. The summed E-state index contributed by atoms with van der Waals surface area (Å²) in [4.78, 5) is 14.1. The van der Waals surface area contributed by atoms with E-state index in [1.54, 1.807) is 0 Å². The van der Waals surface area contributed by atoms with Gasteiger partial charge in [-0.2, -0.15) is 0 Å². The van der Waals surface area contributed by atoms with Gasteiger partial charge < -0.3 is 31.9 Å². The lowest BCUT2D eigenvalue weighted by Gasteiger charge is -2.29. The topological polar surface area (TPSA) is 20.6 Å². The van der Waals surface area contributed by atoms with Crippen LogP contribution in [-0.2, 0) is 0 Å². The summed E-state index contributed by atoms with van der Waals surface area (Å²) in [5.41, 5.74) is 12.5. The predicted octanol–water partition coefficient (Wildman–Crippen LogP) is 17.4. The average molecular weight is 938 g/mol. The molecule has 0 spiro atoms. The molecule has 0 atom stereocenters. The normalized spacial score (nSPS) is 11.1. The Labute approximate surface area is 423 Å². The van der Waals surface area contributed by atoms with Gasteiger partial charge in [0.1, 0.15) is 17.1 Å². The molecule has 0 amide bonds. The highest BCUT2D eigenvalue weighted by Crippen LogP contribution is 2.37. The third kappa shape index (κ3) is 17.2. The highest BCUT2D eigenvalue weighted by Gasteiger charge is 2.22. The molecule has 0 aliphatic rings. The molecule has 0 aliphatic heterocycles. The summed E-state index contributed by atoms with van der Waals surface area (Å²) in [5.74, 6) is 0. The van der Waals surface area contributed by atoms with Crippen LogP contribution >= 0.6 is 0 Å². The maximum atomic E-state index is 2.59. The molecule has 0 bridgehead atoms. The second kappa shape index (κ2) is 32.0. The zero-order valence-corrected chi connectivity index (χ0v) is 45.3. The second-order valence-corrected chi connectivity index (χ2v) is 19.2. The summed E-state index contributed by atoms with van der Waals surface area (Å²) in [6.07, 6.45) is 19.4. The fraction of sp³-hybridized carbons (Fsp3) is 0.508. The summed E-state index contributed by atoms with van der Waals surface area (Å²) < 4.78 is 0. The van der Waals surface area contributed by atoms with E-state index in [0.717, 1.165) is 58.0 Å². The van der Waals surface area contributed by atoms with Crippen LogP contribution in [0.25, 0.3) is 0 Å². The van der Waals surface area contributed by atoms with Gasteiger partial charge in [-0.05, 0) is 136 Å². The Morgan fingerprint density at radius 3 is 0.594 bits per heavy atom. The molecular formula is C63H96N6. The van der Waals surface area contributed by atoms with Crippen LogP contribution in [-0.4, -0.2) is 52.4 Å². The maximum Gasteiger partial charge on any atom is 0.141 e. The summed E-state index contributed by atoms with van der Waals surface area (Å²) in [6.45, 7) is 27.2. The van der Waals surface area contributed by atoms with Gasteiger partial charge >= 0.3 is 0 Å². The smallest absolute Gasteiger partial charge is 0.141 e. The molecule has 0 saturated heterocycles. The van der Waals surface area contributed by atoms with Gasteiger partial charge in [-0.25, -0.2) is 4.90 Å². The SMILES string of the molecule is CCCCN(CCCC)c1ccc(N(c2ccc(N(CCCC)CCCC)cc2)c2ccc([NH+](c3ccc(N(CCCC)CCCC)cc3)c3ccc(N(CCCC)CCCC)cc3)cc2)cc1.[CH3-]. The Kier molecular flexibility index (Phi) is 26.3. The summed E-state index contributed by atoms with van der Waals surface area (Å²) >= 11 is 0. The van der Waals surface area contributed by atoms with E-state index < -0.39 is 0 Å². The van der Waals surface area contributed by atoms with Crippen molar-refractivity contribution in [2.24, 2.45) is 0 Å². The molecule has 6 nitrogen and oxygen atoms in total. The zero-order chi connectivity index (χ0) is 48.4. The average Bonchev–Trinajstić information content (AvgIpc) is 3.38. The van der Waals surface area contributed by atoms with Crippen molar-refractivity contribution in [1.82, 2.24) is 0 Å². The molecule has 0 saturated carbocycles. The van der Waals surface area contributed by atoms with Crippen molar-refractivity contribution in [3.63, 3.8) is 0 Å². The van der Waals surface area contributed by atoms with Gasteiger partial charge in [0, 0.05) is 129 Å². The van der Waals surface area contributed by atoms with Crippen LogP contribution in [0, 0.1) is 7.43 Å². The summed E-state index contributed by atoms with van der Waals surface area (Å²) in [6, 6.07) is 47.1. The van der Waals surface area contributed by atoms with Crippen LogP contribution < -0.4 is 29.4 Å². The number of nitrogens with one attached hydrogen (secondary N) is 1. The van der Waals surface area contributed by atoms with E-state index in [1.165, 1.54) is 159 Å². The van der Waals surface area contributed by atoms with Gasteiger partial charge in [0.2, 0.25) is 0 Å². The van der Waals surface area contributed by atoms with Crippen molar-refractivity contribution >= 4 is 56.9 Å². The van der Waals surface area contributed by atoms with Crippen molar-refractivity contribution in [2.75, 3.05) is 76.9 Å². The fourth-order valence-corrected chi connectivity index (χ4v) is 9.30. The zero-order valence-electron chi connectivity index (χ0n) is 45.3. The number of nitrogens with zero attached hydrogens (tertiary/aromatic N) is 5. The first-order chi connectivity index (χ1) is 33.4. The van der Waals surface area contributed by atoms with Crippen LogP contribution in [0.2, 0.25) is 0 Å². The van der Waals surface area contributed by atoms with Crippen LogP contribution in [0.1, 0.15) is 158 Å². The Morgan fingerprint density at radius 2 is 0.406 bits per heavy atom. The number of quaternary nitrogens is 1. The molecule has 0 aromatic heterocycles. The first-order valence-electron chi connectivity index (χ1n) is 27.6. The number of benzene rings is 5. The minimum Gasteiger partial charge on any atom is -0.372 e. The van der Waals surface area contributed by atoms with Crippen molar-refractivity contribution in [3.8, 4) is 0 Å². The lowest BCUT2D eigenvalue weighted by molar-refractivity contribution is -0.681. The van der Waals surface area contributed by atoms with Gasteiger partial charge in [0.25, 0.3) is 0 Å². The quantitative estimate of drug-likeness (QED) is 0.0414. The number of anilines is 7. The molecule has 0 radical (unpaired) electrons. The van der Waals surface area contributed by atoms with Crippen molar-refractivity contribution in [3.05, 3.63) is 129 Å².